The third-order valence-corrected chi connectivity index (χ3v) is 7.12. The number of nitrogens with zero attached hydrogens (tertiary/aromatic N) is 6. The van der Waals surface area contributed by atoms with E-state index in [1.807, 2.05) is 13.8 Å². The third kappa shape index (κ3) is 5.48. The van der Waals surface area contributed by atoms with Crippen LogP contribution in [0, 0.1) is 6.92 Å². The summed E-state index contributed by atoms with van der Waals surface area (Å²) in [4.78, 5) is 34.7. The molecule has 3 aliphatic rings. The van der Waals surface area contributed by atoms with Gasteiger partial charge in [0.1, 0.15) is 18.4 Å². The molecule has 0 spiro atoms. The van der Waals surface area contributed by atoms with E-state index in [1.165, 1.54) is 24.5 Å². The summed E-state index contributed by atoms with van der Waals surface area (Å²) >= 11 is 0. The highest BCUT2D eigenvalue weighted by molar-refractivity contribution is 6.04. The minimum absolute atomic E-state index is 0.109. The molecule has 0 saturated carbocycles. The molecule has 0 aliphatic carbocycles. The molecule has 216 valence electrons. The zero-order valence-corrected chi connectivity index (χ0v) is 22.6. The quantitative estimate of drug-likeness (QED) is 0.475. The maximum absolute atomic E-state index is 13.6. The molecule has 1 aromatic carbocycles. The minimum Gasteiger partial charge on any atom is -0.461 e. The van der Waals surface area contributed by atoms with Crippen LogP contribution in [0.1, 0.15) is 31.5 Å². The first kappa shape index (κ1) is 27.1. The van der Waals surface area contributed by atoms with Crippen molar-refractivity contribution >= 4 is 23.2 Å². The highest BCUT2D eigenvalue weighted by atomic mass is 19.4. The van der Waals surface area contributed by atoms with E-state index < -0.39 is 23.6 Å². The summed E-state index contributed by atoms with van der Waals surface area (Å²) in [5.74, 6) is -0.208. The molecule has 6 rings (SSSR count). The van der Waals surface area contributed by atoms with E-state index >= 15 is 0 Å². The van der Waals surface area contributed by atoms with E-state index in [0.717, 1.165) is 12.1 Å². The summed E-state index contributed by atoms with van der Waals surface area (Å²) in [6.07, 6.45) is -1.18. The normalized spacial score (nSPS) is 21.1. The number of hydrogen-bond donors (Lipinski definition) is 1. The van der Waals surface area contributed by atoms with Gasteiger partial charge < -0.3 is 24.4 Å². The molecule has 2 amide bonds. The van der Waals surface area contributed by atoms with Gasteiger partial charge in [0.25, 0.3) is 0 Å². The number of rotatable bonds is 5. The standard InChI is InChI=1S/C27H28F3N7O4/c1-15-21-23(35-22(33-15)16-5-4-6-17(9-16)27(28,29)30)37(19-7-8-36(21)12-19)25(38)34-18-10-31-24(32-11-18)39-13-20-14-40-26(2,3)41-20/h4-6,9-11,19-20H,7-8,12-14H2,1-3H3,(H,34,38)/t19?,20-/m0/s1. The topological polar surface area (TPSA) is 115 Å². The van der Waals surface area contributed by atoms with Crippen LogP contribution >= 0.6 is 0 Å². The summed E-state index contributed by atoms with van der Waals surface area (Å²) in [5, 5.41) is 2.81. The van der Waals surface area contributed by atoms with Gasteiger partial charge in [0.2, 0.25) is 0 Å². The van der Waals surface area contributed by atoms with Crippen molar-refractivity contribution in [3.63, 3.8) is 0 Å². The summed E-state index contributed by atoms with van der Waals surface area (Å²) < 4.78 is 56.9. The van der Waals surface area contributed by atoms with Gasteiger partial charge in [-0.1, -0.05) is 12.1 Å². The number of benzene rings is 1. The van der Waals surface area contributed by atoms with Crippen molar-refractivity contribution in [3.8, 4) is 17.4 Å². The fourth-order valence-corrected chi connectivity index (χ4v) is 5.30. The van der Waals surface area contributed by atoms with E-state index in [9.17, 15) is 18.0 Å². The van der Waals surface area contributed by atoms with Crippen molar-refractivity contribution < 1.29 is 32.2 Å². The van der Waals surface area contributed by atoms with Gasteiger partial charge in [-0.25, -0.2) is 24.7 Å². The molecule has 1 unspecified atom stereocenters. The second-order valence-corrected chi connectivity index (χ2v) is 10.6. The molecule has 5 heterocycles. The summed E-state index contributed by atoms with van der Waals surface area (Å²) in [5.41, 5.74) is 1.01. The molecule has 2 aromatic heterocycles. The van der Waals surface area contributed by atoms with Crippen molar-refractivity contribution in [1.29, 1.82) is 0 Å². The molecule has 14 heteroatoms. The second-order valence-electron chi connectivity index (χ2n) is 10.6. The summed E-state index contributed by atoms with van der Waals surface area (Å²) in [7, 11) is 0. The van der Waals surface area contributed by atoms with Crippen LogP contribution in [0.4, 0.5) is 35.2 Å². The highest BCUT2D eigenvalue weighted by Crippen LogP contribution is 2.42. The number of anilines is 3. The van der Waals surface area contributed by atoms with Crippen LogP contribution in [0.5, 0.6) is 6.01 Å². The Bertz CT molecular complexity index is 1470. The largest absolute Gasteiger partial charge is 0.461 e. The Kier molecular flexibility index (Phi) is 6.69. The Morgan fingerprint density at radius 1 is 1.22 bits per heavy atom. The van der Waals surface area contributed by atoms with Crippen LogP contribution in [0.15, 0.2) is 36.7 Å². The van der Waals surface area contributed by atoms with Gasteiger partial charge in [-0.05, 0) is 39.3 Å². The molecule has 2 bridgehead atoms. The number of alkyl halides is 3. The lowest BCUT2D eigenvalue weighted by molar-refractivity contribution is -0.141. The predicted molar refractivity (Wildman–Crippen MR) is 142 cm³/mol. The number of ether oxygens (including phenoxy) is 3. The Morgan fingerprint density at radius 3 is 2.71 bits per heavy atom. The molecule has 1 N–H and O–H groups in total. The molecule has 3 aromatic rings. The zero-order chi connectivity index (χ0) is 28.9. The van der Waals surface area contributed by atoms with Crippen LogP contribution in [0.3, 0.4) is 0 Å². The predicted octanol–water partition coefficient (Wildman–Crippen LogP) is 4.42. The van der Waals surface area contributed by atoms with Gasteiger partial charge in [-0.2, -0.15) is 13.2 Å². The molecular formula is C27H28F3N7O4. The van der Waals surface area contributed by atoms with E-state index in [4.69, 9.17) is 14.2 Å². The van der Waals surface area contributed by atoms with Gasteiger partial charge in [-0.15, -0.1) is 0 Å². The first-order chi connectivity index (χ1) is 19.5. The number of halogens is 3. The van der Waals surface area contributed by atoms with Crippen LogP contribution in [0.2, 0.25) is 0 Å². The van der Waals surface area contributed by atoms with Crippen LogP contribution in [-0.2, 0) is 15.7 Å². The van der Waals surface area contributed by atoms with E-state index in [2.05, 4.69) is 30.2 Å². The number of hydrogen-bond acceptors (Lipinski definition) is 9. The number of nitrogens with one attached hydrogen (secondary N) is 1. The SMILES string of the molecule is Cc1nc(-c2cccc(C(F)(F)F)c2)nc2c1N1CCC(C1)N2C(=O)Nc1cnc(OC[C@H]2COC(C)(C)O2)nc1. The summed E-state index contributed by atoms with van der Waals surface area (Å²) in [6.45, 7) is 7.33. The fourth-order valence-electron chi connectivity index (χ4n) is 5.30. The Hall–Kier alpha value is -4.04. The Labute approximate surface area is 233 Å². The lowest BCUT2D eigenvalue weighted by Gasteiger charge is -2.36. The number of aromatic nitrogens is 4. The van der Waals surface area contributed by atoms with Crippen LogP contribution in [-0.4, -0.2) is 70.2 Å². The Balaban J connectivity index is 1.22. The fraction of sp³-hybridized carbons (Fsp3) is 0.444. The number of amides is 2. The maximum atomic E-state index is 13.6. The van der Waals surface area contributed by atoms with E-state index in [1.54, 1.807) is 11.8 Å². The van der Waals surface area contributed by atoms with Crippen molar-refractivity contribution in [1.82, 2.24) is 19.9 Å². The lowest BCUT2D eigenvalue weighted by atomic mass is 10.1. The molecule has 11 nitrogen and oxygen atoms in total. The lowest BCUT2D eigenvalue weighted by Crippen LogP contribution is -2.48. The smallest absolute Gasteiger partial charge is 0.416 e. The molecule has 0 radical (unpaired) electrons. The number of carbonyl (C=O) groups excluding carboxylic acids is 1. The van der Waals surface area contributed by atoms with Gasteiger partial charge in [0.05, 0.1) is 42.0 Å². The van der Waals surface area contributed by atoms with Crippen LogP contribution < -0.4 is 19.9 Å². The molecule has 2 atom stereocenters. The average molecular weight is 572 g/mol. The van der Waals surface area contributed by atoms with Gasteiger partial charge in [-0.3, -0.25) is 4.90 Å². The molecule has 2 saturated heterocycles. The van der Waals surface area contributed by atoms with E-state index in [-0.39, 0.29) is 36.2 Å². The minimum atomic E-state index is -4.51. The molecule has 3 aliphatic heterocycles. The molecule has 2 fully saturated rings. The zero-order valence-electron chi connectivity index (χ0n) is 22.6. The first-order valence-corrected chi connectivity index (χ1v) is 13.1. The second kappa shape index (κ2) is 10.1. The molecule has 41 heavy (non-hydrogen) atoms. The molecular weight excluding hydrogens is 543 g/mol. The maximum Gasteiger partial charge on any atom is 0.416 e. The van der Waals surface area contributed by atoms with Crippen molar-refractivity contribution in [2.24, 2.45) is 0 Å². The number of aryl methyl sites for hydroxylation is 1. The van der Waals surface area contributed by atoms with Gasteiger partial charge in [0.15, 0.2) is 17.4 Å². The summed E-state index contributed by atoms with van der Waals surface area (Å²) in [6, 6.07) is 4.34. The number of carbonyl (C=O) groups is 1. The Morgan fingerprint density at radius 2 is 2.00 bits per heavy atom. The first-order valence-electron chi connectivity index (χ1n) is 13.1. The average Bonchev–Trinajstić information content (AvgIpc) is 3.50. The van der Waals surface area contributed by atoms with Crippen molar-refractivity contribution in [3.05, 3.63) is 47.9 Å². The van der Waals surface area contributed by atoms with Gasteiger partial charge in [0, 0.05) is 18.7 Å². The number of fused-ring (bicyclic) bond motifs is 4. The third-order valence-electron chi connectivity index (χ3n) is 7.12. The van der Waals surface area contributed by atoms with Gasteiger partial charge >= 0.3 is 18.2 Å². The highest BCUT2D eigenvalue weighted by Gasteiger charge is 2.42. The van der Waals surface area contributed by atoms with E-state index in [0.29, 0.717) is 49.0 Å². The van der Waals surface area contributed by atoms with Crippen molar-refractivity contribution in [2.75, 3.05) is 41.4 Å². The number of urea groups is 1. The monoisotopic (exact) mass is 571 g/mol. The van der Waals surface area contributed by atoms with Crippen LogP contribution in [0.25, 0.3) is 11.4 Å². The van der Waals surface area contributed by atoms with Crippen molar-refractivity contribution in [2.45, 2.75) is 51.3 Å².